The zero-order valence-corrected chi connectivity index (χ0v) is 20.0. The number of carboxylic acid groups (broad SMARTS) is 1. The molecule has 0 radical (unpaired) electrons. The second-order valence-electron chi connectivity index (χ2n) is 7.69. The summed E-state index contributed by atoms with van der Waals surface area (Å²) in [7, 11) is -9.28. The molecule has 176 valence electrons. The highest BCUT2D eigenvalue weighted by molar-refractivity contribution is 9.10. The van der Waals surface area contributed by atoms with Crippen molar-refractivity contribution in [3.05, 3.63) is 28.2 Å². The van der Waals surface area contributed by atoms with Crippen molar-refractivity contribution in [1.82, 2.24) is 9.80 Å². The van der Waals surface area contributed by atoms with Gasteiger partial charge < -0.3 is 29.8 Å². The van der Waals surface area contributed by atoms with Crippen molar-refractivity contribution in [3.63, 3.8) is 0 Å². The van der Waals surface area contributed by atoms with Crippen molar-refractivity contribution in [2.24, 2.45) is 0 Å². The molecule has 0 amide bonds. The van der Waals surface area contributed by atoms with Gasteiger partial charge >= 0.3 is 21.2 Å². The molecule has 0 aromatic heterocycles. The Labute approximate surface area is 188 Å². The molecule has 1 aromatic rings. The van der Waals surface area contributed by atoms with Crippen molar-refractivity contribution >= 4 is 37.1 Å². The van der Waals surface area contributed by atoms with Gasteiger partial charge in [-0.1, -0.05) is 28.8 Å². The number of aromatic hydroxyl groups is 1. The summed E-state index contributed by atoms with van der Waals surface area (Å²) in [4.78, 5) is 52.0. The van der Waals surface area contributed by atoms with Crippen LogP contribution < -0.4 is 0 Å². The van der Waals surface area contributed by atoms with Crippen LogP contribution in [-0.4, -0.2) is 76.8 Å². The summed E-state index contributed by atoms with van der Waals surface area (Å²) in [5.41, 5.74) is 0.455. The van der Waals surface area contributed by atoms with Crippen LogP contribution in [0.5, 0.6) is 5.75 Å². The molecule has 31 heavy (non-hydrogen) atoms. The number of phenolic OH excluding ortho intramolecular Hbond substituents is 1. The lowest BCUT2D eigenvalue weighted by Crippen LogP contribution is -2.54. The van der Waals surface area contributed by atoms with E-state index in [0.717, 1.165) is 11.3 Å². The van der Waals surface area contributed by atoms with Gasteiger partial charge in [-0.3, -0.25) is 23.7 Å². The first-order chi connectivity index (χ1) is 14.2. The Morgan fingerprint density at radius 3 is 2.00 bits per heavy atom. The minimum atomic E-state index is -4.64. The topological polar surface area (TPSA) is 179 Å². The first-order valence-electron chi connectivity index (χ1n) is 9.51. The van der Waals surface area contributed by atoms with Crippen LogP contribution in [0.1, 0.15) is 31.2 Å². The summed E-state index contributed by atoms with van der Waals surface area (Å²) >= 11 is 3.31. The number of carbonyl (C=O) groups is 1. The monoisotopic (exact) mass is 544 g/mol. The maximum Gasteiger partial charge on any atom is 0.339 e. The third kappa shape index (κ3) is 8.92. The molecule has 2 atom stereocenters. The van der Waals surface area contributed by atoms with Gasteiger partial charge in [0.2, 0.25) is 0 Å². The zero-order valence-electron chi connectivity index (χ0n) is 16.6. The van der Waals surface area contributed by atoms with Crippen LogP contribution in [0.4, 0.5) is 0 Å². The van der Waals surface area contributed by atoms with E-state index in [1.165, 1.54) is 6.07 Å². The van der Waals surface area contributed by atoms with E-state index in [2.05, 4.69) is 15.9 Å². The van der Waals surface area contributed by atoms with Gasteiger partial charge in [-0.25, -0.2) is 0 Å². The molecule has 0 heterocycles. The van der Waals surface area contributed by atoms with E-state index in [1.54, 1.807) is 17.0 Å². The third-order valence-electron chi connectivity index (χ3n) is 5.12. The number of rotatable bonds is 10. The quantitative estimate of drug-likeness (QED) is 0.237. The number of benzene rings is 1. The van der Waals surface area contributed by atoms with Gasteiger partial charge in [-0.05, 0) is 31.0 Å². The molecular weight excluding hydrogens is 518 g/mol. The van der Waals surface area contributed by atoms with Gasteiger partial charge in [-0.2, -0.15) is 0 Å². The summed E-state index contributed by atoms with van der Waals surface area (Å²) in [5, 5.41) is 19.6. The number of hydrogen-bond acceptors (Lipinski definition) is 6. The van der Waals surface area contributed by atoms with E-state index < -0.39 is 52.4 Å². The first-order valence-corrected chi connectivity index (χ1v) is 13.9. The smallest absolute Gasteiger partial charge is 0.339 e. The molecule has 11 nitrogen and oxygen atoms in total. The molecule has 2 rings (SSSR count). The molecule has 6 N–H and O–H groups in total. The molecular formula is C17H27BrN2O9P2. The maximum atomic E-state index is 11.7. The van der Waals surface area contributed by atoms with Gasteiger partial charge in [-0.15, -0.1) is 0 Å². The molecule has 1 saturated carbocycles. The highest BCUT2D eigenvalue weighted by Crippen LogP contribution is 2.44. The zero-order chi connectivity index (χ0) is 23.4. The van der Waals surface area contributed by atoms with Gasteiger partial charge in [0.25, 0.3) is 0 Å². The van der Waals surface area contributed by atoms with Crippen LogP contribution in [0.3, 0.4) is 0 Å². The van der Waals surface area contributed by atoms with Gasteiger partial charge in [0.15, 0.2) is 0 Å². The van der Waals surface area contributed by atoms with Crippen molar-refractivity contribution < 1.29 is 43.7 Å². The third-order valence-corrected chi connectivity index (χ3v) is 7.07. The van der Waals surface area contributed by atoms with Crippen LogP contribution in [0, 0.1) is 0 Å². The van der Waals surface area contributed by atoms with Crippen molar-refractivity contribution in [2.75, 3.05) is 19.1 Å². The Morgan fingerprint density at radius 2 is 1.52 bits per heavy atom. The van der Waals surface area contributed by atoms with Crippen molar-refractivity contribution in [3.8, 4) is 5.75 Å². The molecule has 14 heteroatoms. The number of aliphatic carboxylic acids is 1. The van der Waals surface area contributed by atoms with Gasteiger partial charge in [0.05, 0.1) is 6.54 Å². The van der Waals surface area contributed by atoms with E-state index in [9.17, 15) is 43.7 Å². The fourth-order valence-electron chi connectivity index (χ4n) is 4.03. The predicted molar refractivity (Wildman–Crippen MR) is 116 cm³/mol. The highest BCUT2D eigenvalue weighted by Gasteiger charge is 2.39. The molecule has 0 aliphatic heterocycles. The van der Waals surface area contributed by atoms with Crippen LogP contribution >= 0.6 is 31.1 Å². The molecule has 1 aromatic carbocycles. The molecule has 0 saturated heterocycles. The molecule has 0 bridgehead atoms. The lowest BCUT2D eigenvalue weighted by atomic mass is 9.88. The molecule has 1 fully saturated rings. The maximum absolute atomic E-state index is 11.7. The largest absolute Gasteiger partial charge is 0.508 e. The average Bonchev–Trinajstić information content (AvgIpc) is 2.61. The van der Waals surface area contributed by atoms with Crippen LogP contribution in [0.15, 0.2) is 22.7 Å². The van der Waals surface area contributed by atoms with Gasteiger partial charge in [0.1, 0.15) is 18.3 Å². The van der Waals surface area contributed by atoms with Crippen LogP contribution in [0.2, 0.25) is 0 Å². The Bertz CT molecular complexity index is 851. The second kappa shape index (κ2) is 10.9. The van der Waals surface area contributed by atoms with E-state index in [1.807, 2.05) is 0 Å². The van der Waals surface area contributed by atoms with Gasteiger partial charge in [0, 0.05) is 28.7 Å². The fourth-order valence-corrected chi connectivity index (χ4v) is 6.17. The van der Waals surface area contributed by atoms with E-state index in [4.69, 9.17) is 0 Å². The Balaban J connectivity index is 2.40. The van der Waals surface area contributed by atoms with E-state index in [-0.39, 0.29) is 12.3 Å². The predicted octanol–water partition coefficient (Wildman–Crippen LogP) is 1.92. The Hall–Kier alpha value is -0.810. The highest BCUT2D eigenvalue weighted by atomic mass is 79.9. The molecule has 0 spiro atoms. The molecule has 1 aliphatic rings. The summed E-state index contributed by atoms with van der Waals surface area (Å²) < 4.78 is 24.0. The summed E-state index contributed by atoms with van der Waals surface area (Å²) in [6.45, 7) is -0.370. The summed E-state index contributed by atoms with van der Waals surface area (Å²) in [6, 6.07) is 3.52. The standard InChI is InChI=1S/C17H27BrN2O9P2/c18-13-5-6-16(21)12(7-13)8-19(9-17(22)23)14-3-1-2-4-15(14)20(10-30(24,25)26)11-31(27,28)29/h5-7,14-15,21H,1-4,8-11H2,(H,22,23)(H2,24,25,26)(H2,27,28,29). The first kappa shape index (κ1) is 26.4. The number of carboxylic acids is 1. The Morgan fingerprint density at radius 1 is 1.00 bits per heavy atom. The number of halogens is 1. The molecule has 2 unspecified atom stereocenters. The average molecular weight is 545 g/mol. The number of nitrogens with zero attached hydrogens (tertiary/aromatic N) is 2. The van der Waals surface area contributed by atoms with E-state index in [0.29, 0.717) is 29.3 Å². The lowest BCUT2D eigenvalue weighted by Gasteiger charge is -2.44. The van der Waals surface area contributed by atoms with E-state index >= 15 is 0 Å². The second-order valence-corrected chi connectivity index (χ2v) is 11.8. The fraction of sp³-hybridized carbons (Fsp3) is 0.588. The summed E-state index contributed by atoms with van der Waals surface area (Å²) in [5.74, 6) is -1.16. The van der Waals surface area contributed by atoms with Crippen LogP contribution in [-0.2, 0) is 20.5 Å². The number of phenols is 1. The normalized spacial score (nSPS) is 20.4. The van der Waals surface area contributed by atoms with Crippen molar-refractivity contribution in [1.29, 1.82) is 0 Å². The Kier molecular flexibility index (Phi) is 9.27. The molecule has 1 aliphatic carbocycles. The number of hydrogen-bond donors (Lipinski definition) is 6. The van der Waals surface area contributed by atoms with Crippen molar-refractivity contribution in [2.45, 2.75) is 44.3 Å². The SMILES string of the molecule is O=C(O)CN(Cc1cc(Br)ccc1O)C1CCCCC1N(CP(=O)(O)O)CP(=O)(O)O. The minimum absolute atomic E-state index is 0.0340. The van der Waals surface area contributed by atoms with Crippen LogP contribution in [0.25, 0.3) is 0 Å². The minimum Gasteiger partial charge on any atom is -0.508 e. The summed E-state index contributed by atoms with van der Waals surface area (Å²) in [6.07, 6.45) is 0.575. The lowest BCUT2D eigenvalue weighted by molar-refractivity contribution is -0.139.